The van der Waals surface area contributed by atoms with Crippen LogP contribution in [-0.2, 0) is 9.59 Å². The third-order valence-electron chi connectivity index (χ3n) is 6.72. The summed E-state index contributed by atoms with van der Waals surface area (Å²) < 4.78 is 5.29. The Morgan fingerprint density at radius 3 is 2.45 bits per heavy atom. The zero-order valence-corrected chi connectivity index (χ0v) is 19.3. The van der Waals surface area contributed by atoms with E-state index in [1.807, 2.05) is 12.1 Å². The number of benzene rings is 1. The Labute approximate surface area is 187 Å². The zero-order chi connectivity index (χ0) is 22.1. The molecule has 2 fully saturated rings. The number of amides is 2. The van der Waals surface area contributed by atoms with E-state index in [1.54, 1.807) is 7.11 Å². The summed E-state index contributed by atoms with van der Waals surface area (Å²) in [5.41, 5.74) is 1.19. The van der Waals surface area contributed by atoms with Gasteiger partial charge >= 0.3 is 0 Å². The van der Waals surface area contributed by atoms with Crippen molar-refractivity contribution in [3.05, 3.63) is 29.8 Å². The maximum atomic E-state index is 13.3. The molecular weight excluding hydrogens is 390 g/mol. The highest BCUT2D eigenvalue weighted by Crippen LogP contribution is 2.31. The van der Waals surface area contributed by atoms with Gasteiger partial charge in [0.2, 0.25) is 11.8 Å². The molecule has 0 saturated carbocycles. The molecule has 3 rings (SSSR count). The molecule has 2 amide bonds. The number of hydrogen-bond donors (Lipinski definition) is 1. The Morgan fingerprint density at radius 1 is 1.03 bits per heavy atom. The van der Waals surface area contributed by atoms with Crippen LogP contribution in [0.1, 0.15) is 69.9 Å². The first-order valence-electron chi connectivity index (χ1n) is 12.1. The Bertz CT molecular complexity index is 698. The van der Waals surface area contributed by atoms with Crippen molar-refractivity contribution in [3.63, 3.8) is 0 Å². The van der Waals surface area contributed by atoms with Gasteiger partial charge in [-0.25, -0.2) is 0 Å². The average Bonchev–Trinajstić information content (AvgIpc) is 3.06. The fourth-order valence-corrected chi connectivity index (χ4v) is 4.75. The van der Waals surface area contributed by atoms with Gasteiger partial charge in [-0.05, 0) is 62.9 Å². The average molecular weight is 430 g/mol. The lowest BCUT2D eigenvalue weighted by Gasteiger charge is -2.35. The van der Waals surface area contributed by atoms with Crippen LogP contribution in [0.15, 0.2) is 24.3 Å². The summed E-state index contributed by atoms with van der Waals surface area (Å²) in [4.78, 5) is 29.9. The first kappa shape index (κ1) is 23.6. The molecule has 2 heterocycles. The van der Waals surface area contributed by atoms with E-state index in [1.165, 1.54) is 12.0 Å². The normalized spacial score (nSPS) is 20.8. The number of ether oxygens (including phenoxy) is 1. The van der Waals surface area contributed by atoms with Gasteiger partial charge in [-0.3, -0.25) is 14.5 Å². The third-order valence-corrected chi connectivity index (χ3v) is 6.72. The summed E-state index contributed by atoms with van der Waals surface area (Å²) >= 11 is 0. The lowest BCUT2D eigenvalue weighted by atomic mass is 9.95. The van der Waals surface area contributed by atoms with E-state index in [4.69, 9.17) is 4.74 Å². The number of methoxy groups -OCH3 is 1. The highest BCUT2D eigenvalue weighted by Gasteiger charge is 2.30. The molecule has 2 saturated heterocycles. The Hall–Kier alpha value is -2.08. The van der Waals surface area contributed by atoms with Crippen LogP contribution in [0.4, 0.5) is 0 Å². The minimum absolute atomic E-state index is 0.0912. The number of hydrogen-bond acceptors (Lipinski definition) is 4. The Morgan fingerprint density at radius 2 is 1.77 bits per heavy atom. The lowest BCUT2D eigenvalue weighted by molar-refractivity contribution is -0.135. The molecule has 0 aliphatic carbocycles. The Balaban J connectivity index is 1.54. The van der Waals surface area contributed by atoms with Crippen molar-refractivity contribution in [2.45, 2.75) is 64.3 Å². The third kappa shape index (κ3) is 6.70. The number of unbranched alkanes of at least 4 members (excludes halogenated alkanes) is 1. The first-order valence-corrected chi connectivity index (χ1v) is 12.1. The molecule has 0 aromatic heterocycles. The largest absolute Gasteiger partial charge is 0.497 e. The van der Waals surface area contributed by atoms with Gasteiger partial charge in [0.1, 0.15) is 5.75 Å². The maximum Gasteiger partial charge on any atom is 0.237 e. The molecule has 1 unspecified atom stereocenters. The summed E-state index contributed by atoms with van der Waals surface area (Å²) in [7, 11) is 1.68. The van der Waals surface area contributed by atoms with E-state index < -0.39 is 0 Å². The van der Waals surface area contributed by atoms with Crippen molar-refractivity contribution in [3.8, 4) is 5.75 Å². The van der Waals surface area contributed by atoms with E-state index in [0.29, 0.717) is 6.54 Å². The van der Waals surface area contributed by atoms with Crippen LogP contribution in [-0.4, -0.2) is 61.4 Å². The van der Waals surface area contributed by atoms with Crippen LogP contribution in [0.3, 0.4) is 0 Å². The van der Waals surface area contributed by atoms with Crippen LogP contribution >= 0.6 is 0 Å². The van der Waals surface area contributed by atoms with E-state index in [9.17, 15) is 9.59 Å². The van der Waals surface area contributed by atoms with Crippen molar-refractivity contribution in [2.24, 2.45) is 5.92 Å². The van der Waals surface area contributed by atoms with Crippen molar-refractivity contribution >= 4 is 11.8 Å². The van der Waals surface area contributed by atoms with Crippen LogP contribution in [0, 0.1) is 5.92 Å². The number of rotatable bonds is 8. The lowest BCUT2D eigenvalue weighted by Crippen LogP contribution is -2.46. The monoisotopic (exact) mass is 429 g/mol. The fourth-order valence-electron chi connectivity index (χ4n) is 4.75. The number of nitrogens with one attached hydrogen (secondary N) is 1. The molecule has 1 aromatic carbocycles. The molecule has 0 spiro atoms. The van der Waals surface area contributed by atoms with Crippen LogP contribution in [0.25, 0.3) is 0 Å². The second-order valence-corrected chi connectivity index (χ2v) is 8.92. The number of nitrogens with zero attached hydrogens (tertiary/aromatic N) is 2. The Kier molecular flexibility index (Phi) is 9.19. The number of piperidine rings is 1. The second-order valence-electron chi connectivity index (χ2n) is 8.92. The topological polar surface area (TPSA) is 61.9 Å². The van der Waals surface area contributed by atoms with E-state index in [-0.39, 0.29) is 23.8 Å². The van der Waals surface area contributed by atoms with Crippen LogP contribution in [0.2, 0.25) is 0 Å². The molecule has 172 valence electrons. The molecular formula is C25H39N3O3. The molecule has 1 aromatic rings. The van der Waals surface area contributed by atoms with Gasteiger partial charge in [0.05, 0.1) is 19.7 Å². The number of likely N-dealkylation sites (tertiary alicyclic amines) is 2. The fraction of sp³-hybridized carbons (Fsp3) is 0.680. The molecule has 2 aliphatic rings. The summed E-state index contributed by atoms with van der Waals surface area (Å²) in [5, 5.41) is 3.06. The summed E-state index contributed by atoms with van der Waals surface area (Å²) in [6, 6.07) is 8.30. The maximum absolute atomic E-state index is 13.3. The molecule has 6 nitrogen and oxygen atoms in total. The van der Waals surface area contributed by atoms with Crippen molar-refractivity contribution < 1.29 is 14.3 Å². The molecule has 2 aliphatic heterocycles. The predicted octanol–water partition coefficient (Wildman–Crippen LogP) is 3.77. The second kappa shape index (κ2) is 12.1. The van der Waals surface area contributed by atoms with Gasteiger partial charge in [-0.15, -0.1) is 0 Å². The highest BCUT2D eigenvalue weighted by molar-refractivity contribution is 5.80. The minimum Gasteiger partial charge on any atom is -0.497 e. The van der Waals surface area contributed by atoms with E-state index >= 15 is 0 Å². The standard InChI is InChI=1S/C25H39N3O3/c1-3-4-15-26-25(30)21-13-17-27(18-14-21)19-24(29)28-16-7-5-6-8-23(28)20-9-11-22(31-2)12-10-20/h9-12,21,23H,3-8,13-19H2,1-2H3,(H,26,30). The van der Waals surface area contributed by atoms with Gasteiger partial charge in [0.15, 0.2) is 0 Å². The quantitative estimate of drug-likeness (QED) is 0.639. The summed E-state index contributed by atoms with van der Waals surface area (Å²) in [6.45, 7) is 5.82. The van der Waals surface area contributed by atoms with Crippen molar-refractivity contribution in [1.82, 2.24) is 15.1 Å². The van der Waals surface area contributed by atoms with Crippen molar-refractivity contribution in [1.29, 1.82) is 0 Å². The smallest absolute Gasteiger partial charge is 0.237 e. The molecule has 31 heavy (non-hydrogen) atoms. The minimum atomic E-state index is 0.0912. The SMILES string of the molecule is CCCCNC(=O)C1CCN(CC(=O)N2CCCCCC2c2ccc(OC)cc2)CC1. The first-order chi connectivity index (χ1) is 15.1. The van der Waals surface area contributed by atoms with E-state index in [2.05, 4.69) is 34.2 Å². The number of carbonyl (C=O) groups is 2. The summed E-state index contributed by atoms with van der Waals surface area (Å²) in [5.74, 6) is 1.34. The van der Waals surface area contributed by atoms with Gasteiger partial charge < -0.3 is 15.0 Å². The molecule has 0 bridgehead atoms. The van der Waals surface area contributed by atoms with Gasteiger partial charge in [-0.1, -0.05) is 38.3 Å². The molecule has 1 atom stereocenters. The van der Waals surface area contributed by atoms with Gasteiger partial charge in [-0.2, -0.15) is 0 Å². The molecule has 0 radical (unpaired) electrons. The number of carbonyl (C=O) groups excluding carboxylic acids is 2. The zero-order valence-electron chi connectivity index (χ0n) is 19.3. The van der Waals surface area contributed by atoms with Crippen LogP contribution in [0.5, 0.6) is 5.75 Å². The van der Waals surface area contributed by atoms with E-state index in [0.717, 1.165) is 76.9 Å². The highest BCUT2D eigenvalue weighted by atomic mass is 16.5. The predicted molar refractivity (Wildman–Crippen MR) is 123 cm³/mol. The summed E-state index contributed by atoms with van der Waals surface area (Å²) in [6.07, 6.45) is 8.21. The molecule has 6 heteroatoms. The molecule has 1 N–H and O–H groups in total. The van der Waals surface area contributed by atoms with Crippen LogP contribution < -0.4 is 10.1 Å². The van der Waals surface area contributed by atoms with Gasteiger partial charge in [0.25, 0.3) is 0 Å². The van der Waals surface area contributed by atoms with Crippen molar-refractivity contribution in [2.75, 3.05) is 39.8 Å². The van der Waals surface area contributed by atoms with Gasteiger partial charge in [0, 0.05) is 19.0 Å².